The molecule has 2 rings (SSSR count). The summed E-state index contributed by atoms with van der Waals surface area (Å²) in [5.41, 5.74) is 7.73. The van der Waals surface area contributed by atoms with Gasteiger partial charge in [0.15, 0.2) is 0 Å². The van der Waals surface area contributed by atoms with Crippen molar-refractivity contribution in [2.45, 2.75) is 6.92 Å². The first-order valence-corrected chi connectivity index (χ1v) is 4.06. The third-order valence-electron chi connectivity index (χ3n) is 2.19. The molecule has 1 aromatic carbocycles. The summed E-state index contributed by atoms with van der Waals surface area (Å²) in [4.78, 5) is 14.1. The van der Waals surface area contributed by atoms with Crippen molar-refractivity contribution in [3.63, 3.8) is 0 Å². The molecule has 66 valence electrons. The van der Waals surface area contributed by atoms with Crippen LogP contribution in [0.2, 0.25) is 0 Å². The number of H-pyrrole nitrogens is 1. The zero-order chi connectivity index (χ0) is 9.42. The fourth-order valence-corrected chi connectivity index (χ4v) is 1.50. The van der Waals surface area contributed by atoms with E-state index in [1.807, 2.05) is 25.3 Å². The first-order valence-electron chi connectivity index (χ1n) is 4.06. The van der Waals surface area contributed by atoms with Gasteiger partial charge in [0, 0.05) is 11.6 Å². The van der Waals surface area contributed by atoms with E-state index in [-0.39, 0.29) is 0 Å². The fourth-order valence-electron chi connectivity index (χ4n) is 1.50. The largest absolute Gasteiger partial charge is 0.366 e. The number of nitrogens with two attached hydrogens (primary N) is 1. The quantitative estimate of drug-likeness (QED) is 0.677. The lowest BCUT2D eigenvalue weighted by Gasteiger charge is -1.97. The van der Waals surface area contributed by atoms with Gasteiger partial charge in [0.25, 0.3) is 5.91 Å². The molecule has 3 nitrogen and oxygen atoms in total. The summed E-state index contributed by atoms with van der Waals surface area (Å²) in [7, 11) is 0. The van der Waals surface area contributed by atoms with Crippen molar-refractivity contribution in [1.82, 2.24) is 4.98 Å². The Bertz CT molecular complexity index is 471. The zero-order valence-corrected chi connectivity index (χ0v) is 7.29. The third kappa shape index (κ3) is 1.09. The predicted molar refractivity (Wildman–Crippen MR) is 51.6 cm³/mol. The summed E-state index contributed by atoms with van der Waals surface area (Å²) in [6.07, 6.45) is 1.87. The number of aryl methyl sites for hydroxylation is 1. The maximum absolute atomic E-state index is 11.0. The van der Waals surface area contributed by atoms with Crippen molar-refractivity contribution in [3.05, 3.63) is 35.5 Å². The molecular weight excluding hydrogens is 164 g/mol. The molecule has 0 bridgehead atoms. The average molecular weight is 174 g/mol. The highest BCUT2D eigenvalue weighted by molar-refractivity contribution is 6.05. The van der Waals surface area contributed by atoms with E-state index < -0.39 is 5.91 Å². The maximum Gasteiger partial charge on any atom is 0.250 e. The minimum atomic E-state index is -0.396. The zero-order valence-electron chi connectivity index (χ0n) is 7.29. The Morgan fingerprint density at radius 2 is 2.23 bits per heavy atom. The molecular formula is C10H10N2O. The molecule has 3 N–H and O–H groups in total. The SMILES string of the molecule is Cc1c[nH]c2c(C(N)=O)cccc12. The van der Waals surface area contributed by atoms with Gasteiger partial charge in [0.05, 0.1) is 11.1 Å². The van der Waals surface area contributed by atoms with Crippen molar-refractivity contribution >= 4 is 16.8 Å². The van der Waals surface area contributed by atoms with Crippen LogP contribution in [0.5, 0.6) is 0 Å². The van der Waals surface area contributed by atoms with Gasteiger partial charge in [-0.15, -0.1) is 0 Å². The van der Waals surface area contributed by atoms with Gasteiger partial charge in [-0.25, -0.2) is 0 Å². The van der Waals surface area contributed by atoms with Crippen molar-refractivity contribution in [2.24, 2.45) is 5.73 Å². The number of para-hydroxylation sites is 1. The second-order valence-corrected chi connectivity index (χ2v) is 3.06. The van der Waals surface area contributed by atoms with Gasteiger partial charge in [-0.05, 0) is 18.6 Å². The Balaban J connectivity index is 2.84. The van der Waals surface area contributed by atoms with Gasteiger partial charge >= 0.3 is 0 Å². The summed E-state index contributed by atoms with van der Waals surface area (Å²) in [5, 5.41) is 1.05. The topological polar surface area (TPSA) is 58.9 Å². The van der Waals surface area contributed by atoms with Gasteiger partial charge in [-0.1, -0.05) is 12.1 Å². The Labute approximate surface area is 75.6 Å². The van der Waals surface area contributed by atoms with Crippen LogP contribution in [-0.2, 0) is 0 Å². The number of fused-ring (bicyclic) bond motifs is 1. The molecule has 0 atom stereocenters. The molecule has 3 heteroatoms. The highest BCUT2D eigenvalue weighted by Gasteiger charge is 2.07. The van der Waals surface area contributed by atoms with Crippen LogP contribution in [0.25, 0.3) is 10.9 Å². The van der Waals surface area contributed by atoms with Crippen LogP contribution in [-0.4, -0.2) is 10.9 Å². The summed E-state index contributed by atoms with van der Waals surface area (Å²) in [6, 6.07) is 5.53. The first-order chi connectivity index (χ1) is 6.20. The molecule has 0 aliphatic heterocycles. The van der Waals surface area contributed by atoms with Crippen LogP contribution in [0.15, 0.2) is 24.4 Å². The van der Waals surface area contributed by atoms with Crippen molar-refractivity contribution < 1.29 is 4.79 Å². The van der Waals surface area contributed by atoms with Crippen LogP contribution < -0.4 is 5.73 Å². The van der Waals surface area contributed by atoms with E-state index in [0.29, 0.717) is 5.56 Å². The van der Waals surface area contributed by atoms with Crippen molar-refractivity contribution in [1.29, 1.82) is 0 Å². The normalized spacial score (nSPS) is 10.5. The average Bonchev–Trinajstić information content (AvgIpc) is 2.48. The lowest BCUT2D eigenvalue weighted by Crippen LogP contribution is -2.11. The highest BCUT2D eigenvalue weighted by atomic mass is 16.1. The molecule has 1 amide bonds. The van der Waals surface area contributed by atoms with Gasteiger partial charge in [0.1, 0.15) is 0 Å². The van der Waals surface area contributed by atoms with Crippen LogP contribution in [0, 0.1) is 6.92 Å². The molecule has 2 aromatic rings. The number of primary amides is 1. The van der Waals surface area contributed by atoms with E-state index >= 15 is 0 Å². The van der Waals surface area contributed by atoms with E-state index in [1.54, 1.807) is 6.07 Å². The Kier molecular flexibility index (Phi) is 1.59. The monoisotopic (exact) mass is 174 g/mol. The minimum Gasteiger partial charge on any atom is -0.366 e. The molecule has 0 aliphatic carbocycles. The summed E-state index contributed by atoms with van der Waals surface area (Å²) in [6.45, 7) is 1.99. The Hall–Kier alpha value is -1.77. The number of aromatic nitrogens is 1. The number of hydrogen-bond donors (Lipinski definition) is 2. The Morgan fingerprint density at radius 1 is 1.46 bits per heavy atom. The van der Waals surface area contributed by atoms with Crippen molar-refractivity contribution in [2.75, 3.05) is 0 Å². The standard InChI is InChI=1S/C10H10N2O/c1-6-5-12-9-7(6)3-2-4-8(9)10(11)13/h2-5,12H,1H3,(H2,11,13). The number of amides is 1. The molecule has 1 heterocycles. The summed E-state index contributed by atoms with van der Waals surface area (Å²) >= 11 is 0. The molecule has 0 saturated heterocycles. The fraction of sp³-hybridized carbons (Fsp3) is 0.100. The number of hydrogen-bond acceptors (Lipinski definition) is 1. The lowest BCUT2D eigenvalue weighted by molar-refractivity contribution is 0.100. The lowest BCUT2D eigenvalue weighted by atomic mass is 10.1. The number of aromatic amines is 1. The second-order valence-electron chi connectivity index (χ2n) is 3.06. The number of carbonyl (C=O) groups excluding carboxylic acids is 1. The number of benzene rings is 1. The maximum atomic E-state index is 11.0. The van der Waals surface area contributed by atoms with E-state index in [1.165, 1.54) is 0 Å². The van der Waals surface area contributed by atoms with Crippen molar-refractivity contribution in [3.8, 4) is 0 Å². The smallest absolute Gasteiger partial charge is 0.250 e. The molecule has 0 radical (unpaired) electrons. The molecule has 0 saturated carbocycles. The minimum absolute atomic E-state index is 0.396. The van der Waals surface area contributed by atoms with Crippen LogP contribution in [0.3, 0.4) is 0 Å². The molecule has 0 spiro atoms. The molecule has 0 aliphatic rings. The van der Waals surface area contributed by atoms with Crippen LogP contribution >= 0.6 is 0 Å². The molecule has 13 heavy (non-hydrogen) atoms. The first kappa shape index (κ1) is 7.86. The van der Waals surface area contributed by atoms with E-state index in [9.17, 15) is 4.79 Å². The molecule has 0 unspecified atom stereocenters. The van der Waals surface area contributed by atoms with Crippen LogP contribution in [0.4, 0.5) is 0 Å². The molecule has 1 aromatic heterocycles. The van der Waals surface area contributed by atoms with E-state index in [0.717, 1.165) is 16.5 Å². The summed E-state index contributed by atoms with van der Waals surface area (Å²) < 4.78 is 0. The van der Waals surface area contributed by atoms with Gasteiger partial charge in [0.2, 0.25) is 0 Å². The third-order valence-corrected chi connectivity index (χ3v) is 2.19. The van der Waals surface area contributed by atoms with Gasteiger partial charge in [-0.3, -0.25) is 4.79 Å². The van der Waals surface area contributed by atoms with Crippen LogP contribution in [0.1, 0.15) is 15.9 Å². The highest BCUT2D eigenvalue weighted by Crippen LogP contribution is 2.20. The number of rotatable bonds is 1. The number of carbonyl (C=O) groups is 1. The second kappa shape index (κ2) is 2.62. The van der Waals surface area contributed by atoms with E-state index in [4.69, 9.17) is 5.73 Å². The number of nitrogens with one attached hydrogen (secondary N) is 1. The predicted octanol–water partition coefficient (Wildman–Crippen LogP) is 1.58. The summed E-state index contributed by atoms with van der Waals surface area (Å²) in [5.74, 6) is -0.396. The van der Waals surface area contributed by atoms with E-state index in [2.05, 4.69) is 4.98 Å². The van der Waals surface area contributed by atoms with Gasteiger partial charge < -0.3 is 10.7 Å². The Morgan fingerprint density at radius 3 is 2.92 bits per heavy atom. The van der Waals surface area contributed by atoms with Gasteiger partial charge in [-0.2, -0.15) is 0 Å². The molecule has 0 fully saturated rings.